The van der Waals surface area contributed by atoms with Gasteiger partial charge in [0, 0.05) is 18.6 Å². The number of nitrogens with zero attached hydrogens (tertiary/aromatic N) is 2. The number of hydrogen-bond acceptors (Lipinski definition) is 3. The lowest BCUT2D eigenvalue weighted by molar-refractivity contribution is 0.183. The highest BCUT2D eigenvalue weighted by molar-refractivity contribution is 5.13. The van der Waals surface area contributed by atoms with Crippen LogP contribution in [0.1, 0.15) is 46.5 Å². The van der Waals surface area contributed by atoms with Crippen LogP contribution in [-0.4, -0.2) is 35.6 Å². The van der Waals surface area contributed by atoms with Crippen molar-refractivity contribution in [1.82, 2.24) is 10.2 Å². The topological polar surface area (TPSA) is 39.1 Å². The van der Waals surface area contributed by atoms with Crippen molar-refractivity contribution in [2.45, 2.75) is 64.1 Å². The monoisotopic (exact) mass is 235 g/mol. The van der Waals surface area contributed by atoms with Gasteiger partial charge < -0.3 is 0 Å². The Kier molecular flexibility index (Phi) is 3.75. The van der Waals surface area contributed by atoms with E-state index >= 15 is 0 Å². The van der Waals surface area contributed by atoms with Crippen molar-refractivity contribution in [3.63, 3.8) is 0 Å². The van der Waals surface area contributed by atoms with Gasteiger partial charge in [0.2, 0.25) is 0 Å². The fourth-order valence-corrected chi connectivity index (χ4v) is 3.78. The van der Waals surface area contributed by atoms with Gasteiger partial charge in [-0.3, -0.25) is 10.2 Å². The third-order valence-corrected chi connectivity index (χ3v) is 4.52. The van der Waals surface area contributed by atoms with E-state index in [1.165, 1.54) is 19.4 Å². The van der Waals surface area contributed by atoms with Crippen molar-refractivity contribution in [1.29, 1.82) is 5.26 Å². The van der Waals surface area contributed by atoms with E-state index in [2.05, 4.69) is 37.1 Å². The summed E-state index contributed by atoms with van der Waals surface area (Å²) in [6.45, 7) is 8.88. The molecule has 0 spiro atoms. The molecule has 0 aromatic rings. The molecule has 17 heavy (non-hydrogen) atoms. The number of likely N-dealkylation sites (tertiary alicyclic amines) is 1. The molecule has 0 bridgehead atoms. The van der Waals surface area contributed by atoms with Gasteiger partial charge in [-0.1, -0.05) is 13.8 Å². The number of nitriles is 1. The second-order valence-corrected chi connectivity index (χ2v) is 6.01. The Balaban J connectivity index is 2.00. The van der Waals surface area contributed by atoms with Gasteiger partial charge in [0.15, 0.2) is 0 Å². The Morgan fingerprint density at radius 1 is 1.47 bits per heavy atom. The van der Waals surface area contributed by atoms with E-state index in [0.717, 1.165) is 25.3 Å². The molecule has 2 fully saturated rings. The smallest absolute Gasteiger partial charge is 0.108 e. The molecule has 0 aromatic carbocycles. The Hall–Kier alpha value is -0.590. The molecule has 96 valence electrons. The average molecular weight is 235 g/mol. The minimum absolute atomic E-state index is 0.245. The first-order valence-electron chi connectivity index (χ1n) is 7.02. The molecule has 1 saturated heterocycles. The summed E-state index contributed by atoms with van der Waals surface area (Å²) in [6.07, 6.45) is 4.52. The SMILES string of the molecule is CCNC1(C#N)CCC(N2CC(C)CC2C)C1. The summed E-state index contributed by atoms with van der Waals surface area (Å²) < 4.78 is 0. The van der Waals surface area contributed by atoms with Gasteiger partial charge >= 0.3 is 0 Å². The first-order chi connectivity index (χ1) is 8.10. The molecule has 0 radical (unpaired) electrons. The van der Waals surface area contributed by atoms with Crippen LogP contribution in [0.2, 0.25) is 0 Å². The van der Waals surface area contributed by atoms with Crippen LogP contribution in [0, 0.1) is 17.2 Å². The summed E-state index contributed by atoms with van der Waals surface area (Å²) in [5.41, 5.74) is -0.245. The highest BCUT2D eigenvalue weighted by atomic mass is 15.2. The Bertz CT molecular complexity index is 309. The molecule has 3 heteroatoms. The molecule has 0 aromatic heterocycles. The average Bonchev–Trinajstić information content (AvgIpc) is 2.84. The molecule has 1 aliphatic heterocycles. The molecule has 2 aliphatic rings. The summed E-state index contributed by atoms with van der Waals surface area (Å²) in [5.74, 6) is 0.821. The van der Waals surface area contributed by atoms with Gasteiger partial charge in [-0.05, 0) is 45.1 Å². The van der Waals surface area contributed by atoms with Crippen molar-refractivity contribution in [2.75, 3.05) is 13.1 Å². The summed E-state index contributed by atoms with van der Waals surface area (Å²) in [7, 11) is 0. The van der Waals surface area contributed by atoms with Crippen LogP contribution in [0.15, 0.2) is 0 Å². The van der Waals surface area contributed by atoms with E-state index in [1.807, 2.05) is 0 Å². The van der Waals surface area contributed by atoms with Crippen LogP contribution in [0.4, 0.5) is 0 Å². The van der Waals surface area contributed by atoms with Crippen molar-refractivity contribution in [3.8, 4) is 6.07 Å². The van der Waals surface area contributed by atoms with Gasteiger partial charge in [0.1, 0.15) is 5.54 Å². The van der Waals surface area contributed by atoms with Gasteiger partial charge in [-0.2, -0.15) is 5.26 Å². The fraction of sp³-hybridized carbons (Fsp3) is 0.929. The van der Waals surface area contributed by atoms with Crippen molar-refractivity contribution in [2.24, 2.45) is 5.92 Å². The lowest BCUT2D eigenvalue weighted by atomic mass is 9.99. The fourth-order valence-electron chi connectivity index (χ4n) is 3.78. The highest BCUT2D eigenvalue weighted by Crippen LogP contribution is 2.37. The van der Waals surface area contributed by atoms with Gasteiger partial charge in [0.25, 0.3) is 0 Å². The molecule has 1 aliphatic carbocycles. The van der Waals surface area contributed by atoms with Crippen molar-refractivity contribution >= 4 is 0 Å². The first-order valence-corrected chi connectivity index (χ1v) is 7.02. The maximum atomic E-state index is 9.40. The molecule has 3 nitrogen and oxygen atoms in total. The molecule has 2 rings (SSSR count). The van der Waals surface area contributed by atoms with Gasteiger partial charge in [0.05, 0.1) is 6.07 Å². The summed E-state index contributed by atoms with van der Waals surface area (Å²) in [4.78, 5) is 2.64. The lowest BCUT2D eigenvalue weighted by Crippen LogP contribution is -2.44. The van der Waals surface area contributed by atoms with Gasteiger partial charge in [-0.25, -0.2) is 0 Å². The first kappa shape index (κ1) is 12.9. The Morgan fingerprint density at radius 2 is 2.24 bits per heavy atom. The highest BCUT2D eigenvalue weighted by Gasteiger charge is 2.43. The van der Waals surface area contributed by atoms with Crippen LogP contribution in [0.25, 0.3) is 0 Å². The summed E-state index contributed by atoms with van der Waals surface area (Å²) in [6, 6.07) is 3.84. The number of rotatable bonds is 3. The van der Waals surface area contributed by atoms with Gasteiger partial charge in [-0.15, -0.1) is 0 Å². The summed E-state index contributed by atoms with van der Waals surface area (Å²) >= 11 is 0. The zero-order valence-corrected chi connectivity index (χ0v) is 11.4. The molecular formula is C14H25N3. The predicted octanol–water partition coefficient (Wildman–Crippen LogP) is 2.14. The normalized spacial score (nSPS) is 42.8. The third kappa shape index (κ3) is 2.48. The van der Waals surface area contributed by atoms with E-state index in [4.69, 9.17) is 0 Å². The zero-order valence-electron chi connectivity index (χ0n) is 11.4. The van der Waals surface area contributed by atoms with E-state index in [1.54, 1.807) is 0 Å². The summed E-state index contributed by atoms with van der Waals surface area (Å²) in [5, 5.41) is 12.8. The maximum absolute atomic E-state index is 9.40. The van der Waals surface area contributed by atoms with Crippen LogP contribution in [-0.2, 0) is 0 Å². The quantitative estimate of drug-likeness (QED) is 0.814. The van der Waals surface area contributed by atoms with Crippen LogP contribution in [0.3, 0.4) is 0 Å². The molecular weight excluding hydrogens is 210 g/mol. The maximum Gasteiger partial charge on any atom is 0.108 e. The molecule has 1 heterocycles. The Labute approximate surface area is 105 Å². The third-order valence-electron chi connectivity index (χ3n) is 4.52. The molecule has 0 amide bonds. The molecule has 1 N–H and O–H groups in total. The minimum atomic E-state index is -0.245. The van der Waals surface area contributed by atoms with E-state index in [-0.39, 0.29) is 5.54 Å². The molecule has 1 saturated carbocycles. The van der Waals surface area contributed by atoms with E-state index < -0.39 is 0 Å². The van der Waals surface area contributed by atoms with Crippen LogP contribution < -0.4 is 5.32 Å². The standard InChI is InChI=1S/C14H25N3/c1-4-16-14(10-15)6-5-13(8-14)17-9-11(2)7-12(17)3/h11-13,16H,4-9H2,1-3H3. The molecule has 4 unspecified atom stereocenters. The lowest BCUT2D eigenvalue weighted by Gasteiger charge is -2.30. The predicted molar refractivity (Wildman–Crippen MR) is 69.6 cm³/mol. The van der Waals surface area contributed by atoms with E-state index in [0.29, 0.717) is 12.1 Å². The second-order valence-electron chi connectivity index (χ2n) is 6.01. The van der Waals surface area contributed by atoms with E-state index in [9.17, 15) is 5.26 Å². The van der Waals surface area contributed by atoms with Crippen molar-refractivity contribution < 1.29 is 0 Å². The zero-order chi connectivity index (χ0) is 12.5. The largest absolute Gasteiger partial charge is 0.300 e. The number of hydrogen-bond donors (Lipinski definition) is 1. The van der Waals surface area contributed by atoms with Crippen molar-refractivity contribution in [3.05, 3.63) is 0 Å². The second kappa shape index (κ2) is 4.96. The van der Waals surface area contributed by atoms with Crippen LogP contribution in [0.5, 0.6) is 0 Å². The number of nitrogens with one attached hydrogen (secondary N) is 1. The molecule has 4 atom stereocenters. The Morgan fingerprint density at radius 3 is 2.76 bits per heavy atom. The minimum Gasteiger partial charge on any atom is -0.300 e. The van der Waals surface area contributed by atoms with Crippen LogP contribution >= 0.6 is 0 Å².